The van der Waals surface area contributed by atoms with Crippen LogP contribution >= 0.6 is 0 Å². The summed E-state index contributed by atoms with van der Waals surface area (Å²) >= 11 is 0. The summed E-state index contributed by atoms with van der Waals surface area (Å²) in [5.41, 5.74) is 0.787. The van der Waals surface area contributed by atoms with Crippen LogP contribution in [-0.4, -0.2) is 16.9 Å². The third-order valence-corrected chi connectivity index (χ3v) is 2.97. The van der Waals surface area contributed by atoms with Gasteiger partial charge in [-0.25, -0.2) is 0 Å². The summed E-state index contributed by atoms with van der Waals surface area (Å²) in [5, 5.41) is 22.2. The van der Waals surface area contributed by atoms with E-state index in [9.17, 15) is 14.9 Å². The number of nitriles is 1. The van der Waals surface area contributed by atoms with Gasteiger partial charge in [0.05, 0.1) is 22.6 Å². The molecule has 0 spiro atoms. The topological polar surface area (TPSA) is 105 Å². The number of anilines is 1. The van der Waals surface area contributed by atoms with Gasteiger partial charge in [0, 0.05) is 11.8 Å². The number of benzene rings is 2. The lowest BCUT2D eigenvalue weighted by Gasteiger charge is -2.14. The number of amides is 1. The number of rotatable bonds is 5. The Bertz CT molecular complexity index is 783. The fourth-order valence-electron chi connectivity index (χ4n) is 1.84. The van der Waals surface area contributed by atoms with Crippen LogP contribution in [0, 0.1) is 21.4 Å². The Balaban J connectivity index is 2.04. The summed E-state index contributed by atoms with van der Waals surface area (Å²) in [4.78, 5) is 22.3. The fraction of sp³-hybridized carbons (Fsp3) is 0.125. The van der Waals surface area contributed by atoms with Crippen LogP contribution in [0.1, 0.15) is 12.5 Å². The molecular formula is C16H13N3O4. The number of nitrogens with zero attached hydrogens (tertiary/aromatic N) is 2. The van der Waals surface area contributed by atoms with Crippen LogP contribution in [-0.2, 0) is 4.79 Å². The Morgan fingerprint density at radius 3 is 2.74 bits per heavy atom. The van der Waals surface area contributed by atoms with Gasteiger partial charge in [-0.3, -0.25) is 14.9 Å². The molecule has 2 aromatic carbocycles. The number of carbonyl (C=O) groups excluding carboxylic acids is 1. The highest BCUT2D eigenvalue weighted by molar-refractivity contribution is 5.94. The second-order valence-electron chi connectivity index (χ2n) is 4.70. The van der Waals surface area contributed by atoms with Crippen molar-refractivity contribution in [3.8, 4) is 11.8 Å². The van der Waals surface area contributed by atoms with Crippen molar-refractivity contribution in [3.05, 3.63) is 64.2 Å². The predicted octanol–water partition coefficient (Wildman–Crippen LogP) is 2.87. The highest BCUT2D eigenvalue weighted by Crippen LogP contribution is 2.20. The number of nitrogens with one attached hydrogen (secondary N) is 1. The van der Waals surface area contributed by atoms with Crippen LogP contribution < -0.4 is 10.1 Å². The number of nitro benzene ring substituents is 1. The minimum Gasteiger partial charge on any atom is -0.481 e. The lowest BCUT2D eigenvalue weighted by Crippen LogP contribution is -2.30. The van der Waals surface area contributed by atoms with Crippen molar-refractivity contribution in [1.82, 2.24) is 0 Å². The highest BCUT2D eigenvalue weighted by Gasteiger charge is 2.16. The average Bonchev–Trinajstić information content (AvgIpc) is 2.55. The molecule has 23 heavy (non-hydrogen) atoms. The zero-order valence-corrected chi connectivity index (χ0v) is 12.2. The van der Waals surface area contributed by atoms with Crippen LogP contribution in [0.25, 0.3) is 0 Å². The number of non-ortho nitro benzene ring substituents is 1. The Hall–Kier alpha value is -3.40. The lowest BCUT2D eigenvalue weighted by molar-refractivity contribution is -0.384. The van der Waals surface area contributed by atoms with Gasteiger partial charge in [0.1, 0.15) is 5.75 Å². The van der Waals surface area contributed by atoms with Crippen molar-refractivity contribution >= 4 is 17.3 Å². The molecule has 1 amide bonds. The molecule has 7 heteroatoms. The van der Waals surface area contributed by atoms with Crippen LogP contribution in [0.4, 0.5) is 11.4 Å². The molecule has 0 saturated carbocycles. The quantitative estimate of drug-likeness (QED) is 0.675. The maximum atomic E-state index is 12.1. The van der Waals surface area contributed by atoms with E-state index >= 15 is 0 Å². The fourth-order valence-corrected chi connectivity index (χ4v) is 1.84. The number of ether oxygens (including phenoxy) is 1. The van der Waals surface area contributed by atoms with Crippen LogP contribution in [0.5, 0.6) is 5.75 Å². The van der Waals surface area contributed by atoms with E-state index in [1.807, 2.05) is 6.07 Å². The van der Waals surface area contributed by atoms with E-state index in [1.165, 1.54) is 37.3 Å². The van der Waals surface area contributed by atoms with Gasteiger partial charge in [0.2, 0.25) is 0 Å². The Labute approximate surface area is 132 Å². The number of carbonyl (C=O) groups is 1. The summed E-state index contributed by atoms with van der Waals surface area (Å²) in [7, 11) is 0. The first-order valence-corrected chi connectivity index (χ1v) is 6.72. The monoisotopic (exact) mass is 311 g/mol. The Morgan fingerprint density at radius 2 is 2.04 bits per heavy atom. The van der Waals surface area contributed by atoms with E-state index in [1.54, 1.807) is 18.2 Å². The molecule has 0 aliphatic rings. The largest absolute Gasteiger partial charge is 0.481 e. The molecule has 2 rings (SSSR count). The average molecular weight is 311 g/mol. The maximum absolute atomic E-state index is 12.1. The van der Waals surface area contributed by atoms with E-state index < -0.39 is 16.9 Å². The number of nitro groups is 1. The van der Waals surface area contributed by atoms with Gasteiger partial charge in [0.25, 0.3) is 11.6 Å². The van der Waals surface area contributed by atoms with Crippen molar-refractivity contribution < 1.29 is 14.5 Å². The molecule has 1 N–H and O–H groups in total. The van der Waals surface area contributed by atoms with Gasteiger partial charge >= 0.3 is 0 Å². The minimum atomic E-state index is -0.859. The second-order valence-corrected chi connectivity index (χ2v) is 4.70. The highest BCUT2D eigenvalue weighted by atomic mass is 16.6. The zero-order valence-electron chi connectivity index (χ0n) is 12.2. The smallest absolute Gasteiger partial charge is 0.273 e. The molecule has 2 aromatic rings. The Kier molecular flexibility index (Phi) is 4.89. The third-order valence-electron chi connectivity index (χ3n) is 2.97. The predicted molar refractivity (Wildman–Crippen MR) is 83.0 cm³/mol. The standard InChI is InChI=1S/C16H13N3O4/c1-11(23-15-7-3-6-14(9-15)19(21)22)16(20)18-13-5-2-4-12(8-13)10-17/h2-9,11H,1H3,(H,18,20)/t11-/m1/s1. The zero-order chi connectivity index (χ0) is 16.8. The molecule has 0 aliphatic heterocycles. The maximum Gasteiger partial charge on any atom is 0.273 e. The third kappa shape index (κ3) is 4.28. The van der Waals surface area contributed by atoms with E-state index in [0.717, 1.165) is 0 Å². The summed E-state index contributed by atoms with van der Waals surface area (Å²) in [6.45, 7) is 1.53. The van der Waals surface area contributed by atoms with Crippen molar-refractivity contribution in [2.75, 3.05) is 5.32 Å². The first-order chi connectivity index (χ1) is 11.0. The number of hydrogen-bond donors (Lipinski definition) is 1. The SMILES string of the molecule is C[C@@H](Oc1cccc([N+](=O)[O-])c1)C(=O)Nc1cccc(C#N)c1. The lowest BCUT2D eigenvalue weighted by atomic mass is 10.2. The van der Waals surface area contributed by atoms with Crippen molar-refractivity contribution in [3.63, 3.8) is 0 Å². The molecular weight excluding hydrogens is 298 g/mol. The van der Waals surface area contributed by atoms with Crippen LogP contribution in [0.15, 0.2) is 48.5 Å². The Morgan fingerprint density at radius 1 is 1.30 bits per heavy atom. The van der Waals surface area contributed by atoms with Crippen molar-refractivity contribution in [2.24, 2.45) is 0 Å². The van der Waals surface area contributed by atoms with Gasteiger partial charge in [0.15, 0.2) is 6.10 Å². The summed E-state index contributed by atoms with van der Waals surface area (Å²) in [6.07, 6.45) is -0.859. The summed E-state index contributed by atoms with van der Waals surface area (Å²) in [5.74, 6) is -0.195. The van der Waals surface area contributed by atoms with Gasteiger partial charge in [-0.2, -0.15) is 5.26 Å². The molecule has 0 saturated heterocycles. The summed E-state index contributed by atoms with van der Waals surface area (Å²) < 4.78 is 5.41. The first-order valence-electron chi connectivity index (χ1n) is 6.72. The van der Waals surface area contributed by atoms with Gasteiger partial charge in [-0.15, -0.1) is 0 Å². The normalized spacial score (nSPS) is 11.1. The molecule has 116 valence electrons. The van der Waals surface area contributed by atoms with Crippen molar-refractivity contribution in [1.29, 1.82) is 5.26 Å². The molecule has 0 radical (unpaired) electrons. The number of hydrogen-bond acceptors (Lipinski definition) is 5. The molecule has 0 bridgehead atoms. The van der Waals surface area contributed by atoms with Gasteiger partial charge < -0.3 is 10.1 Å². The molecule has 0 aromatic heterocycles. The van der Waals surface area contributed by atoms with E-state index in [0.29, 0.717) is 11.3 Å². The van der Waals surface area contributed by atoms with Gasteiger partial charge in [-0.1, -0.05) is 12.1 Å². The van der Waals surface area contributed by atoms with Crippen LogP contribution in [0.3, 0.4) is 0 Å². The van der Waals surface area contributed by atoms with Gasteiger partial charge in [-0.05, 0) is 31.2 Å². The molecule has 7 nitrogen and oxygen atoms in total. The molecule has 0 fully saturated rings. The summed E-state index contributed by atoms with van der Waals surface area (Å²) in [6, 6.07) is 14.1. The first kappa shape index (κ1) is 16.0. The van der Waals surface area contributed by atoms with E-state index in [-0.39, 0.29) is 11.4 Å². The molecule has 1 atom stereocenters. The second kappa shape index (κ2) is 7.04. The van der Waals surface area contributed by atoms with Crippen molar-refractivity contribution in [2.45, 2.75) is 13.0 Å². The molecule has 0 aliphatic carbocycles. The van der Waals surface area contributed by atoms with E-state index in [2.05, 4.69) is 5.32 Å². The van der Waals surface area contributed by atoms with Crippen LogP contribution in [0.2, 0.25) is 0 Å². The molecule has 0 heterocycles. The van der Waals surface area contributed by atoms with E-state index in [4.69, 9.17) is 10.00 Å². The minimum absolute atomic E-state index is 0.114. The molecule has 0 unspecified atom stereocenters.